The first-order valence-corrected chi connectivity index (χ1v) is 16.0. The molecule has 242 valence electrons. The molecular weight excluding hydrogens is 578 g/mol. The zero-order valence-corrected chi connectivity index (χ0v) is 28.2. The lowest BCUT2D eigenvalue weighted by Gasteiger charge is -2.36. The SMILES string of the molecule is C=[N+]1C2=C(C(=O)CC(c3ccc(OC)cc3)C2)C(c2ccc(N(C(C)C)C(C)C)cc2OC)N(C(=O)OC(C)C)c2ccccc21. The molecule has 1 heterocycles. The van der Waals surface area contributed by atoms with E-state index in [2.05, 4.69) is 45.4 Å². The minimum Gasteiger partial charge on any atom is -0.497 e. The molecule has 0 radical (unpaired) electrons. The minimum atomic E-state index is -0.811. The van der Waals surface area contributed by atoms with Crippen LogP contribution in [-0.2, 0) is 9.53 Å². The Hall–Kier alpha value is -4.59. The van der Waals surface area contributed by atoms with Crippen molar-refractivity contribution >= 4 is 35.7 Å². The van der Waals surface area contributed by atoms with E-state index in [1.54, 1.807) is 19.1 Å². The topological polar surface area (TPSA) is 71.3 Å². The number of ketones is 1. The van der Waals surface area contributed by atoms with Gasteiger partial charge >= 0.3 is 6.09 Å². The molecule has 0 spiro atoms. The molecule has 0 N–H and O–H groups in total. The molecule has 1 amide bonds. The van der Waals surface area contributed by atoms with Crippen molar-refractivity contribution in [3.63, 3.8) is 0 Å². The molecule has 5 rings (SSSR count). The summed E-state index contributed by atoms with van der Waals surface area (Å²) < 4.78 is 19.1. The number of rotatable bonds is 8. The second kappa shape index (κ2) is 13.4. The van der Waals surface area contributed by atoms with Crippen LogP contribution in [0.4, 0.5) is 21.9 Å². The van der Waals surface area contributed by atoms with Crippen LogP contribution in [0.1, 0.15) is 77.5 Å². The molecule has 2 aliphatic rings. The van der Waals surface area contributed by atoms with E-state index in [9.17, 15) is 9.59 Å². The molecule has 0 saturated carbocycles. The molecular formula is C38H46N3O5+. The molecule has 8 nitrogen and oxygen atoms in total. The number of para-hydroxylation sites is 2. The number of amides is 1. The molecule has 0 bridgehead atoms. The van der Waals surface area contributed by atoms with Crippen molar-refractivity contribution in [3.05, 3.63) is 89.1 Å². The Morgan fingerprint density at radius 1 is 0.913 bits per heavy atom. The smallest absolute Gasteiger partial charge is 0.415 e. The highest BCUT2D eigenvalue weighted by atomic mass is 16.6. The van der Waals surface area contributed by atoms with Crippen LogP contribution in [0.5, 0.6) is 11.5 Å². The Morgan fingerprint density at radius 3 is 2.20 bits per heavy atom. The van der Waals surface area contributed by atoms with Crippen LogP contribution in [0.2, 0.25) is 0 Å². The fourth-order valence-corrected chi connectivity index (χ4v) is 6.93. The van der Waals surface area contributed by atoms with E-state index in [-0.39, 0.29) is 36.3 Å². The molecule has 0 aromatic heterocycles. The Bertz CT molecular complexity index is 1650. The van der Waals surface area contributed by atoms with Crippen molar-refractivity contribution in [1.82, 2.24) is 0 Å². The predicted molar refractivity (Wildman–Crippen MR) is 183 cm³/mol. The van der Waals surface area contributed by atoms with Gasteiger partial charge in [-0.1, -0.05) is 30.3 Å². The van der Waals surface area contributed by atoms with Gasteiger partial charge < -0.3 is 19.1 Å². The summed E-state index contributed by atoms with van der Waals surface area (Å²) in [4.78, 5) is 32.6. The Morgan fingerprint density at radius 2 is 1.59 bits per heavy atom. The van der Waals surface area contributed by atoms with Crippen molar-refractivity contribution < 1.29 is 28.4 Å². The van der Waals surface area contributed by atoms with Crippen LogP contribution in [0.15, 0.2) is 78.0 Å². The quantitative estimate of drug-likeness (QED) is 0.236. The molecule has 1 aliphatic heterocycles. The Kier molecular flexibility index (Phi) is 9.56. The molecule has 2 unspecified atom stereocenters. The number of ether oxygens (including phenoxy) is 3. The van der Waals surface area contributed by atoms with Gasteiger partial charge in [0, 0.05) is 54.2 Å². The van der Waals surface area contributed by atoms with Gasteiger partial charge in [-0.2, -0.15) is 4.58 Å². The van der Waals surface area contributed by atoms with Crippen LogP contribution >= 0.6 is 0 Å². The third-order valence-corrected chi connectivity index (χ3v) is 8.82. The van der Waals surface area contributed by atoms with Gasteiger partial charge in [-0.05, 0) is 71.4 Å². The largest absolute Gasteiger partial charge is 0.497 e. The highest BCUT2D eigenvalue weighted by molar-refractivity contribution is 6.03. The van der Waals surface area contributed by atoms with Crippen LogP contribution < -0.4 is 19.3 Å². The van der Waals surface area contributed by atoms with Gasteiger partial charge in [0.05, 0.1) is 25.9 Å². The molecule has 0 saturated heterocycles. The monoisotopic (exact) mass is 624 g/mol. The maximum Gasteiger partial charge on any atom is 0.415 e. The van der Waals surface area contributed by atoms with E-state index in [4.69, 9.17) is 14.2 Å². The number of allylic oxidation sites excluding steroid dienone is 1. The summed E-state index contributed by atoms with van der Waals surface area (Å²) in [7, 11) is 3.27. The third-order valence-electron chi connectivity index (χ3n) is 8.82. The minimum absolute atomic E-state index is 0.0482. The van der Waals surface area contributed by atoms with E-state index in [0.29, 0.717) is 34.7 Å². The number of methoxy groups -OCH3 is 2. The summed E-state index contributed by atoms with van der Waals surface area (Å²) in [6, 6.07) is 21.2. The van der Waals surface area contributed by atoms with Gasteiger partial charge in [0.15, 0.2) is 11.5 Å². The summed E-state index contributed by atoms with van der Waals surface area (Å²) in [5.74, 6) is 1.23. The molecule has 0 fully saturated rings. The van der Waals surface area contributed by atoms with E-state index in [1.807, 2.05) is 79.1 Å². The highest BCUT2D eigenvalue weighted by Crippen LogP contribution is 2.51. The molecule has 2 atom stereocenters. The number of carbonyl (C=O) groups is 2. The van der Waals surface area contributed by atoms with Crippen LogP contribution in [0.25, 0.3) is 0 Å². The summed E-state index contributed by atoms with van der Waals surface area (Å²) >= 11 is 0. The maximum absolute atomic E-state index is 14.5. The van der Waals surface area contributed by atoms with Crippen molar-refractivity contribution in [1.29, 1.82) is 0 Å². The lowest BCUT2D eigenvalue weighted by atomic mass is 9.78. The first-order chi connectivity index (χ1) is 22.0. The number of benzene rings is 3. The van der Waals surface area contributed by atoms with Gasteiger partial charge in [0.1, 0.15) is 29.9 Å². The Labute approximate surface area is 272 Å². The molecule has 46 heavy (non-hydrogen) atoms. The highest BCUT2D eigenvalue weighted by Gasteiger charge is 2.48. The number of Topliss-reactive ketones (excluding diaryl/α,β-unsaturated/α-hetero) is 1. The molecule has 8 heteroatoms. The van der Waals surface area contributed by atoms with Gasteiger partial charge in [0.25, 0.3) is 0 Å². The molecule has 3 aromatic rings. The van der Waals surface area contributed by atoms with Gasteiger partial charge in [0.2, 0.25) is 5.69 Å². The summed E-state index contributed by atoms with van der Waals surface area (Å²) in [5.41, 5.74) is 5.35. The zero-order chi connectivity index (χ0) is 33.3. The molecule has 3 aromatic carbocycles. The summed E-state index contributed by atoms with van der Waals surface area (Å²) in [5, 5.41) is 0. The average molecular weight is 625 g/mol. The number of nitrogens with zero attached hydrogens (tertiary/aromatic N) is 3. The normalized spacial score (nSPS) is 18.0. The zero-order valence-electron chi connectivity index (χ0n) is 28.2. The number of fused-ring (bicyclic) bond motifs is 1. The van der Waals surface area contributed by atoms with Crippen molar-refractivity contribution in [2.75, 3.05) is 24.0 Å². The van der Waals surface area contributed by atoms with Crippen molar-refractivity contribution in [3.8, 4) is 11.5 Å². The predicted octanol–water partition coefficient (Wildman–Crippen LogP) is 8.18. The number of anilines is 2. The summed E-state index contributed by atoms with van der Waals surface area (Å²) in [6.07, 6.45) is -0.0709. The average Bonchev–Trinajstić information content (AvgIpc) is 3.13. The second-order valence-corrected chi connectivity index (χ2v) is 12.8. The van der Waals surface area contributed by atoms with Crippen molar-refractivity contribution in [2.45, 2.75) is 84.5 Å². The maximum atomic E-state index is 14.5. The fourth-order valence-electron chi connectivity index (χ4n) is 6.93. The molecule has 1 aliphatic carbocycles. The first kappa shape index (κ1) is 32.8. The van der Waals surface area contributed by atoms with E-state index in [1.165, 1.54) is 0 Å². The number of hydrogen-bond donors (Lipinski definition) is 0. The van der Waals surface area contributed by atoms with Gasteiger partial charge in [-0.3, -0.25) is 9.69 Å². The second-order valence-electron chi connectivity index (χ2n) is 12.8. The van der Waals surface area contributed by atoms with E-state index >= 15 is 0 Å². The standard InChI is InChI=1S/C38H46N3O5/c1-23(2)40(24(3)4)28-16-19-30(35(22-28)45-9)37-36-33(20-27(21-34(36)42)26-14-17-29(44-8)18-15-26)39(7)31-12-10-11-13-32(31)41(37)38(43)46-25(5)6/h10-19,22-25,27,37H,7,20-21H2,1-6,8-9H3/q+1. The van der Waals surface area contributed by atoms with Gasteiger partial charge in [-0.15, -0.1) is 0 Å². The van der Waals surface area contributed by atoms with Crippen molar-refractivity contribution in [2.24, 2.45) is 0 Å². The number of hydrogen-bond acceptors (Lipinski definition) is 6. The third kappa shape index (κ3) is 6.13. The van der Waals surface area contributed by atoms with Crippen LogP contribution in [0.3, 0.4) is 0 Å². The van der Waals surface area contributed by atoms with E-state index < -0.39 is 12.1 Å². The first-order valence-electron chi connectivity index (χ1n) is 16.0. The fraction of sp³-hybridized carbons (Fsp3) is 0.395. The lowest BCUT2D eigenvalue weighted by molar-refractivity contribution is -0.377. The number of carbonyl (C=O) groups excluding carboxylic acids is 2. The summed E-state index contributed by atoms with van der Waals surface area (Å²) in [6.45, 7) is 16.7. The lowest BCUT2D eigenvalue weighted by Crippen LogP contribution is -2.40. The van der Waals surface area contributed by atoms with E-state index in [0.717, 1.165) is 22.7 Å². The van der Waals surface area contributed by atoms with Crippen LogP contribution in [0, 0.1) is 0 Å². The van der Waals surface area contributed by atoms with Gasteiger partial charge in [-0.25, -0.2) is 4.79 Å². The van der Waals surface area contributed by atoms with Crippen LogP contribution in [-0.4, -0.2) is 55.6 Å². The Balaban J connectivity index is 1.76.